The van der Waals surface area contributed by atoms with Crippen LogP contribution in [0, 0.1) is 0 Å². The van der Waals surface area contributed by atoms with Gasteiger partial charge in [-0.15, -0.1) is 0 Å². The Bertz CT molecular complexity index is 854. The van der Waals surface area contributed by atoms with E-state index < -0.39 is 5.97 Å². The number of aromatic nitrogens is 2. The lowest BCUT2D eigenvalue weighted by molar-refractivity contribution is 0.0696. The number of furan rings is 1. The molecule has 3 rings (SSSR count). The van der Waals surface area contributed by atoms with Crippen LogP contribution in [0.1, 0.15) is 16.1 Å². The van der Waals surface area contributed by atoms with Crippen LogP contribution in [0.4, 0.5) is 0 Å². The van der Waals surface area contributed by atoms with Crippen molar-refractivity contribution in [2.24, 2.45) is 7.05 Å². The summed E-state index contributed by atoms with van der Waals surface area (Å²) in [6.07, 6.45) is 3.21. The number of hydrogen-bond donors (Lipinski definition) is 1. The van der Waals surface area contributed by atoms with Crippen molar-refractivity contribution >= 4 is 16.9 Å². The molecule has 20 heavy (non-hydrogen) atoms. The second kappa shape index (κ2) is 4.41. The summed E-state index contributed by atoms with van der Waals surface area (Å²) >= 11 is 0. The van der Waals surface area contributed by atoms with Gasteiger partial charge in [0.2, 0.25) is 0 Å². The van der Waals surface area contributed by atoms with E-state index in [2.05, 4.69) is 0 Å². The molecule has 0 atom stereocenters. The summed E-state index contributed by atoms with van der Waals surface area (Å²) in [5.74, 6) is -0.791. The molecule has 0 amide bonds. The lowest BCUT2D eigenvalue weighted by Gasteiger charge is -1.99. The van der Waals surface area contributed by atoms with Crippen LogP contribution in [0.15, 0.2) is 45.9 Å². The van der Waals surface area contributed by atoms with Gasteiger partial charge in [0.05, 0.1) is 6.54 Å². The lowest BCUT2D eigenvalue weighted by atomic mass is 10.1. The Kier molecular flexibility index (Phi) is 2.71. The first kappa shape index (κ1) is 12.3. The Morgan fingerprint density at radius 2 is 2.05 bits per heavy atom. The zero-order valence-electron chi connectivity index (χ0n) is 10.7. The molecule has 102 valence electrons. The number of carbonyl (C=O) groups is 1. The molecule has 6 heteroatoms. The van der Waals surface area contributed by atoms with E-state index in [4.69, 9.17) is 4.42 Å². The van der Waals surface area contributed by atoms with Crippen LogP contribution >= 0.6 is 0 Å². The summed E-state index contributed by atoms with van der Waals surface area (Å²) in [6, 6.07) is 6.93. The maximum atomic E-state index is 11.8. The molecule has 0 unspecified atom stereocenters. The monoisotopic (exact) mass is 272 g/mol. The number of imidazole rings is 1. The van der Waals surface area contributed by atoms with Crippen LogP contribution in [-0.4, -0.2) is 20.2 Å². The average molecular weight is 272 g/mol. The van der Waals surface area contributed by atoms with Crippen molar-refractivity contribution in [1.29, 1.82) is 0 Å². The minimum absolute atomic E-state index is 0.0932. The standard InChI is InChI=1S/C14H12N2O4/c1-15-6-7-16(14(15)19)8-11-12(13(17)18)9-4-2-3-5-10(9)20-11/h2-7H,8H2,1H3,(H,17,18). The number of benzene rings is 1. The van der Waals surface area contributed by atoms with Crippen molar-refractivity contribution in [3.05, 3.63) is 58.5 Å². The average Bonchev–Trinajstić information content (AvgIpc) is 2.93. The largest absolute Gasteiger partial charge is 0.478 e. The van der Waals surface area contributed by atoms with Gasteiger partial charge in [-0.05, 0) is 6.07 Å². The molecular weight excluding hydrogens is 260 g/mol. The van der Waals surface area contributed by atoms with Crippen LogP contribution in [0.3, 0.4) is 0 Å². The number of fused-ring (bicyclic) bond motifs is 1. The van der Waals surface area contributed by atoms with Crippen LogP contribution in [0.2, 0.25) is 0 Å². The van der Waals surface area contributed by atoms with E-state index in [1.165, 1.54) is 9.13 Å². The highest BCUT2D eigenvalue weighted by Crippen LogP contribution is 2.26. The van der Waals surface area contributed by atoms with Gasteiger partial charge in [-0.2, -0.15) is 0 Å². The summed E-state index contributed by atoms with van der Waals surface area (Å²) in [5, 5.41) is 9.89. The first-order valence-corrected chi connectivity index (χ1v) is 6.03. The van der Waals surface area contributed by atoms with E-state index in [0.29, 0.717) is 11.0 Å². The Labute approximate surface area is 113 Å². The molecule has 0 aliphatic rings. The van der Waals surface area contributed by atoms with Gasteiger partial charge >= 0.3 is 11.7 Å². The second-order valence-corrected chi connectivity index (χ2v) is 4.52. The minimum Gasteiger partial charge on any atom is -0.478 e. The molecule has 1 aromatic carbocycles. The van der Waals surface area contributed by atoms with Crippen LogP contribution in [0.5, 0.6) is 0 Å². The number of nitrogens with zero attached hydrogens (tertiary/aromatic N) is 2. The van der Waals surface area contributed by atoms with Crippen LogP contribution in [0.25, 0.3) is 11.0 Å². The SMILES string of the molecule is Cn1ccn(Cc2oc3ccccc3c2C(=O)O)c1=O. The molecular formula is C14H12N2O4. The number of carboxylic acids is 1. The van der Waals surface area contributed by atoms with Gasteiger partial charge in [0.1, 0.15) is 16.9 Å². The number of aryl methyl sites for hydroxylation is 1. The molecule has 0 aliphatic carbocycles. The van der Waals surface area contributed by atoms with Gasteiger partial charge in [-0.3, -0.25) is 4.57 Å². The van der Waals surface area contributed by atoms with E-state index in [-0.39, 0.29) is 23.6 Å². The number of carboxylic acid groups (broad SMARTS) is 1. The molecule has 3 aromatic rings. The molecule has 0 radical (unpaired) electrons. The van der Waals surface area contributed by atoms with Crippen molar-refractivity contribution in [1.82, 2.24) is 9.13 Å². The van der Waals surface area contributed by atoms with E-state index in [0.717, 1.165) is 0 Å². The third-order valence-electron chi connectivity index (χ3n) is 3.21. The molecule has 0 aliphatic heterocycles. The number of para-hydroxylation sites is 1. The van der Waals surface area contributed by atoms with Gasteiger partial charge in [0.15, 0.2) is 0 Å². The summed E-state index contributed by atoms with van der Waals surface area (Å²) in [5.41, 5.74) is 0.391. The molecule has 0 fully saturated rings. The second-order valence-electron chi connectivity index (χ2n) is 4.52. The summed E-state index contributed by atoms with van der Waals surface area (Å²) < 4.78 is 8.41. The van der Waals surface area contributed by atoms with E-state index in [9.17, 15) is 14.7 Å². The van der Waals surface area contributed by atoms with Crippen LogP contribution < -0.4 is 5.69 Å². The van der Waals surface area contributed by atoms with Crippen molar-refractivity contribution < 1.29 is 14.3 Å². The summed E-state index contributed by atoms with van der Waals surface area (Å²) in [4.78, 5) is 23.2. The topological polar surface area (TPSA) is 77.4 Å². The van der Waals surface area contributed by atoms with Gasteiger partial charge in [0, 0.05) is 24.8 Å². The minimum atomic E-state index is -1.06. The maximum absolute atomic E-state index is 11.8. The Morgan fingerprint density at radius 1 is 1.30 bits per heavy atom. The molecule has 2 heterocycles. The highest BCUT2D eigenvalue weighted by Gasteiger charge is 2.20. The molecule has 0 saturated heterocycles. The third kappa shape index (κ3) is 1.82. The Morgan fingerprint density at radius 3 is 2.70 bits per heavy atom. The molecule has 2 aromatic heterocycles. The highest BCUT2D eigenvalue weighted by molar-refractivity contribution is 6.03. The molecule has 0 spiro atoms. The fraction of sp³-hybridized carbons (Fsp3) is 0.143. The van der Waals surface area contributed by atoms with E-state index in [1.807, 2.05) is 0 Å². The maximum Gasteiger partial charge on any atom is 0.339 e. The Hall–Kier alpha value is -2.76. The van der Waals surface area contributed by atoms with Gasteiger partial charge in [0.25, 0.3) is 0 Å². The van der Waals surface area contributed by atoms with E-state index in [1.54, 1.807) is 43.7 Å². The Balaban J connectivity index is 2.16. The number of hydrogen-bond acceptors (Lipinski definition) is 3. The van der Waals surface area contributed by atoms with Crippen molar-refractivity contribution in [2.75, 3.05) is 0 Å². The molecule has 6 nitrogen and oxygen atoms in total. The molecule has 1 N–H and O–H groups in total. The van der Waals surface area contributed by atoms with Crippen LogP contribution in [-0.2, 0) is 13.6 Å². The van der Waals surface area contributed by atoms with Gasteiger partial charge in [-0.1, -0.05) is 18.2 Å². The van der Waals surface area contributed by atoms with Crippen molar-refractivity contribution in [3.8, 4) is 0 Å². The molecule has 0 saturated carbocycles. The zero-order valence-corrected chi connectivity index (χ0v) is 10.7. The summed E-state index contributed by atoms with van der Waals surface area (Å²) in [6.45, 7) is 0.0932. The fourth-order valence-corrected chi connectivity index (χ4v) is 2.23. The predicted octanol–water partition coefficient (Wildman–Crippen LogP) is 1.68. The highest BCUT2D eigenvalue weighted by atomic mass is 16.4. The third-order valence-corrected chi connectivity index (χ3v) is 3.21. The fourth-order valence-electron chi connectivity index (χ4n) is 2.23. The smallest absolute Gasteiger partial charge is 0.339 e. The predicted molar refractivity (Wildman–Crippen MR) is 71.9 cm³/mol. The number of rotatable bonds is 3. The normalized spacial score (nSPS) is 11.1. The van der Waals surface area contributed by atoms with Gasteiger partial charge in [-0.25, -0.2) is 9.59 Å². The zero-order chi connectivity index (χ0) is 14.3. The van der Waals surface area contributed by atoms with Gasteiger partial charge < -0.3 is 14.1 Å². The first-order valence-electron chi connectivity index (χ1n) is 6.03. The number of aromatic carboxylic acids is 1. The first-order chi connectivity index (χ1) is 9.58. The van der Waals surface area contributed by atoms with Crippen molar-refractivity contribution in [3.63, 3.8) is 0 Å². The summed E-state index contributed by atoms with van der Waals surface area (Å²) in [7, 11) is 1.63. The lowest BCUT2D eigenvalue weighted by Crippen LogP contribution is -2.22. The van der Waals surface area contributed by atoms with E-state index >= 15 is 0 Å². The van der Waals surface area contributed by atoms with Crippen molar-refractivity contribution in [2.45, 2.75) is 6.54 Å². The molecule has 0 bridgehead atoms. The quantitative estimate of drug-likeness (QED) is 0.787.